The summed E-state index contributed by atoms with van der Waals surface area (Å²) in [6.07, 6.45) is 1.19. The van der Waals surface area contributed by atoms with Crippen molar-refractivity contribution in [1.29, 1.82) is 0 Å². The maximum atomic E-state index is 11.1. The predicted octanol–water partition coefficient (Wildman–Crippen LogP) is -0.408. The van der Waals surface area contributed by atoms with Crippen LogP contribution in [0.2, 0.25) is 0 Å². The van der Waals surface area contributed by atoms with Crippen LogP contribution in [0.4, 0.5) is 0 Å². The Kier molecular flexibility index (Phi) is 8.10. The zero-order valence-electron chi connectivity index (χ0n) is 10.7. The molecule has 0 saturated heterocycles. The van der Waals surface area contributed by atoms with Crippen molar-refractivity contribution in [2.45, 2.75) is 38.7 Å². The molecular formula is C12H24O6. The van der Waals surface area contributed by atoms with Crippen molar-refractivity contribution in [2.24, 2.45) is 11.3 Å². The molecule has 6 nitrogen and oxygen atoms in total. The van der Waals surface area contributed by atoms with Gasteiger partial charge in [-0.15, -0.1) is 0 Å². The van der Waals surface area contributed by atoms with Gasteiger partial charge in [0.2, 0.25) is 0 Å². The van der Waals surface area contributed by atoms with Crippen molar-refractivity contribution >= 4 is 5.97 Å². The lowest BCUT2D eigenvalue weighted by atomic mass is 9.76. The third kappa shape index (κ3) is 4.20. The van der Waals surface area contributed by atoms with Crippen LogP contribution < -0.4 is 0 Å². The number of aliphatic hydroxyl groups excluding tert-OH is 4. The van der Waals surface area contributed by atoms with E-state index in [1.54, 1.807) is 0 Å². The number of aliphatic hydroxyl groups is 4. The van der Waals surface area contributed by atoms with E-state index in [4.69, 9.17) is 5.11 Å². The van der Waals surface area contributed by atoms with Gasteiger partial charge in [0, 0.05) is 0 Å². The van der Waals surface area contributed by atoms with E-state index in [0.717, 1.165) is 12.8 Å². The second kappa shape index (κ2) is 8.42. The summed E-state index contributed by atoms with van der Waals surface area (Å²) in [4.78, 5) is 11.1. The molecule has 0 aromatic carbocycles. The molecule has 0 rings (SSSR count). The van der Waals surface area contributed by atoms with Crippen LogP contribution in [0.25, 0.3) is 0 Å². The molecule has 5 N–H and O–H groups in total. The van der Waals surface area contributed by atoms with Gasteiger partial charge in [0.05, 0.1) is 37.3 Å². The number of carboxylic acid groups (broad SMARTS) is 1. The zero-order valence-corrected chi connectivity index (χ0v) is 10.7. The topological polar surface area (TPSA) is 118 Å². The minimum absolute atomic E-state index is 0.256. The third-order valence-electron chi connectivity index (χ3n) is 3.39. The standard InChI is InChI=1S/C12H24O6/c1-2-3-4-5-9(11(17)18)10(16)12(6-13,7-14)8-15/h9-10,13-16H,2-8H2,1H3,(H,17,18). The fraction of sp³-hybridized carbons (Fsp3) is 0.917. The van der Waals surface area contributed by atoms with Crippen molar-refractivity contribution in [2.75, 3.05) is 19.8 Å². The van der Waals surface area contributed by atoms with E-state index in [-0.39, 0.29) is 6.42 Å². The number of aliphatic carboxylic acids is 1. The lowest BCUT2D eigenvalue weighted by molar-refractivity contribution is -0.157. The first kappa shape index (κ1) is 17.3. The minimum atomic E-state index is -1.57. The van der Waals surface area contributed by atoms with E-state index in [2.05, 4.69) is 0 Å². The van der Waals surface area contributed by atoms with Gasteiger partial charge in [-0.1, -0.05) is 26.2 Å². The molecule has 0 amide bonds. The summed E-state index contributed by atoms with van der Waals surface area (Å²) < 4.78 is 0. The lowest BCUT2D eigenvalue weighted by Crippen LogP contribution is -2.50. The quantitative estimate of drug-likeness (QED) is 0.342. The van der Waals surface area contributed by atoms with Gasteiger partial charge >= 0.3 is 5.97 Å². The summed E-state index contributed by atoms with van der Waals surface area (Å²) >= 11 is 0. The van der Waals surface area contributed by atoms with Crippen LogP contribution in [0.5, 0.6) is 0 Å². The largest absolute Gasteiger partial charge is 0.481 e. The van der Waals surface area contributed by atoms with E-state index in [9.17, 15) is 25.2 Å². The number of carboxylic acids is 1. The minimum Gasteiger partial charge on any atom is -0.481 e. The van der Waals surface area contributed by atoms with Gasteiger partial charge in [-0.2, -0.15) is 0 Å². The van der Waals surface area contributed by atoms with Gasteiger partial charge in [0.1, 0.15) is 0 Å². The second-order valence-corrected chi connectivity index (χ2v) is 4.72. The van der Waals surface area contributed by atoms with Gasteiger partial charge in [-0.05, 0) is 6.42 Å². The molecule has 0 aliphatic carbocycles. The van der Waals surface area contributed by atoms with Crippen LogP contribution in [0.15, 0.2) is 0 Å². The first-order chi connectivity index (χ1) is 8.48. The van der Waals surface area contributed by atoms with E-state index >= 15 is 0 Å². The molecule has 6 heteroatoms. The summed E-state index contributed by atoms with van der Waals surface area (Å²) in [7, 11) is 0. The maximum absolute atomic E-state index is 11.1. The van der Waals surface area contributed by atoms with E-state index in [0.29, 0.717) is 6.42 Å². The van der Waals surface area contributed by atoms with Gasteiger partial charge in [-0.25, -0.2) is 0 Å². The van der Waals surface area contributed by atoms with Crippen LogP contribution in [0.3, 0.4) is 0 Å². The van der Waals surface area contributed by atoms with Gasteiger partial charge < -0.3 is 25.5 Å². The molecule has 0 spiro atoms. The molecule has 108 valence electrons. The molecule has 0 heterocycles. The Balaban J connectivity index is 4.82. The molecule has 0 aliphatic rings. The summed E-state index contributed by atoms with van der Waals surface area (Å²) in [5, 5.41) is 46.6. The van der Waals surface area contributed by atoms with Crippen LogP contribution in [-0.4, -0.2) is 57.4 Å². The molecule has 2 atom stereocenters. The van der Waals surface area contributed by atoms with Gasteiger partial charge in [-0.3, -0.25) is 4.79 Å². The molecule has 18 heavy (non-hydrogen) atoms. The van der Waals surface area contributed by atoms with Gasteiger partial charge in [0.15, 0.2) is 0 Å². The highest BCUT2D eigenvalue weighted by atomic mass is 16.4. The summed E-state index contributed by atoms with van der Waals surface area (Å²) in [6.45, 7) is -0.0260. The molecule has 0 bridgehead atoms. The van der Waals surface area contributed by atoms with Crippen molar-refractivity contribution in [3.8, 4) is 0 Å². The van der Waals surface area contributed by atoms with Crippen molar-refractivity contribution in [3.63, 3.8) is 0 Å². The van der Waals surface area contributed by atoms with Crippen LogP contribution in [0.1, 0.15) is 32.6 Å². The van der Waals surface area contributed by atoms with E-state index in [1.165, 1.54) is 0 Å². The first-order valence-corrected chi connectivity index (χ1v) is 6.22. The normalized spacial score (nSPS) is 15.4. The highest BCUT2D eigenvalue weighted by Crippen LogP contribution is 2.29. The monoisotopic (exact) mass is 264 g/mol. The lowest BCUT2D eigenvalue weighted by Gasteiger charge is -2.36. The Bertz CT molecular complexity index is 230. The summed E-state index contributed by atoms with van der Waals surface area (Å²) in [5.41, 5.74) is -1.57. The highest BCUT2D eigenvalue weighted by Gasteiger charge is 2.43. The molecule has 2 unspecified atom stereocenters. The Morgan fingerprint density at radius 2 is 1.61 bits per heavy atom. The molecule has 0 fully saturated rings. The van der Waals surface area contributed by atoms with Crippen LogP contribution >= 0.6 is 0 Å². The Morgan fingerprint density at radius 1 is 1.11 bits per heavy atom. The smallest absolute Gasteiger partial charge is 0.309 e. The Morgan fingerprint density at radius 3 is 1.94 bits per heavy atom. The predicted molar refractivity (Wildman–Crippen MR) is 65.0 cm³/mol. The average molecular weight is 264 g/mol. The number of hydrogen-bond donors (Lipinski definition) is 5. The molecule has 0 radical (unpaired) electrons. The highest BCUT2D eigenvalue weighted by molar-refractivity contribution is 5.70. The number of unbranched alkanes of at least 4 members (excludes halogenated alkanes) is 2. The molecule has 0 aromatic rings. The average Bonchev–Trinajstić information content (AvgIpc) is 2.37. The van der Waals surface area contributed by atoms with E-state index < -0.39 is 43.2 Å². The summed E-state index contributed by atoms with van der Waals surface area (Å²) in [5.74, 6) is -2.28. The zero-order chi connectivity index (χ0) is 14.2. The Labute approximate surface area is 107 Å². The molecule has 0 aliphatic heterocycles. The molecule has 0 saturated carbocycles. The number of hydrogen-bond acceptors (Lipinski definition) is 5. The number of rotatable bonds is 10. The Hall–Kier alpha value is -0.690. The van der Waals surface area contributed by atoms with Gasteiger partial charge in [0.25, 0.3) is 0 Å². The third-order valence-corrected chi connectivity index (χ3v) is 3.39. The first-order valence-electron chi connectivity index (χ1n) is 6.22. The van der Waals surface area contributed by atoms with Crippen LogP contribution in [0, 0.1) is 11.3 Å². The fourth-order valence-electron chi connectivity index (χ4n) is 1.89. The SMILES string of the molecule is CCCCCC(C(=O)O)C(O)C(CO)(CO)CO. The fourth-order valence-corrected chi connectivity index (χ4v) is 1.89. The van der Waals surface area contributed by atoms with Crippen molar-refractivity contribution < 1.29 is 30.3 Å². The molecular weight excluding hydrogens is 240 g/mol. The summed E-state index contributed by atoms with van der Waals surface area (Å²) in [6, 6.07) is 0. The van der Waals surface area contributed by atoms with Crippen LogP contribution in [-0.2, 0) is 4.79 Å². The molecule has 0 aromatic heterocycles. The number of carbonyl (C=O) groups is 1. The van der Waals surface area contributed by atoms with E-state index in [1.807, 2.05) is 6.92 Å². The second-order valence-electron chi connectivity index (χ2n) is 4.72. The van der Waals surface area contributed by atoms with Crippen molar-refractivity contribution in [3.05, 3.63) is 0 Å². The maximum Gasteiger partial charge on any atom is 0.309 e. The van der Waals surface area contributed by atoms with Crippen molar-refractivity contribution in [1.82, 2.24) is 0 Å².